The van der Waals surface area contributed by atoms with E-state index < -0.39 is 5.91 Å². The normalized spacial score (nSPS) is 11.4. The first-order chi connectivity index (χ1) is 27.1. The Labute approximate surface area is 323 Å². The number of para-hydroxylation sites is 1. The predicted molar refractivity (Wildman–Crippen MR) is 215 cm³/mol. The zero-order chi connectivity index (χ0) is 39.9. The maximum Gasteiger partial charge on any atom is 0.276 e. The second kappa shape index (κ2) is 17.4. The number of aryl methyl sites for hydroxylation is 6. The molecule has 0 radical (unpaired) electrons. The average molecular weight is 764 g/mol. The topological polar surface area (TPSA) is 228 Å². The van der Waals surface area contributed by atoms with Gasteiger partial charge in [0.15, 0.2) is 6.29 Å². The number of carbonyl (C=O) groups excluding carboxylic acids is 4. The molecule has 56 heavy (non-hydrogen) atoms. The van der Waals surface area contributed by atoms with E-state index in [-0.39, 0.29) is 18.4 Å². The van der Waals surface area contributed by atoms with Crippen molar-refractivity contribution in [3.8, 4) is 0 Å². The van der Waals surface area contributed by atoms with Crippen LogP contribution in [0.2, 0.25) is 0 Å². The zero-order valence-corrected chi connectivity index (χ0v) is 32.3. The van der Waals surface area contributed by atoms with Gasteiger partial charge in [0.2, 0.25) is 23.7 Å². The maximum absolute atomic E-state index is 14.3. The first-order valence-electron chi connectivity index (χ1n) is 18.9. The van der Waals surface area contributed by atoms with E-state index in [1.165, 1.54) is 0 Å². The molecule has 0 bridgehead atoms. The van der Waals surface area contributed by atoms with E-state index in [1.54, 1.807) is 40.7 Å². The van der Waals surface area contributed by atoms with E-state index >= 15 is 0 Å². The minimum absolute atomic E-state index is 0.187. The number of aldehydes is 1. The minimum Gasteiger partial charge on any atom is -0.366 e. The molecule has 0 fully saturated rings. The summed E-state index contributed by atoms with van der Waals surface area (Å²) >= 11 is 0. The van der Waals surface area contributed by atoms with Crippen LogP contribution in [-0.4, -0.2) is 76.3 Å². The molecule has 0 unspecified atom stereocenters. The number of rotatable bonds is 19. The highest BCUT2D eigenvalue weighted by atomic mass is 16.2. The van der Waals surface area contributed by atoms with Gasteiger partial charge in [-0.2, -0.15) is 10.2 Å². The van der Waals surface area contributed by atoms with E-state index in [0.29, 0.717) is 84.6 Å². The Hall–Kier alpha value is -6.36. The molecule has 0 aliphatic rings. The minimum atomic E-state index is -0.512. The fourth-order valence-electron chi connectivity index (χ4n) is 7.15. The summed E-state index contributed by atoms with van der Waals surface area (Å²) < 4.78 is 7.48. The molecule has 0 aliphatic carbocycles. The number of nitrogens with zero attached hydrogens (tertiary/aromatic N) is 8. The van der Waals surface area contributed by atoms with Crippen LogP contribution in [0.3, 0.4) is 0 Å². The third-order valence-electron chi connectivity index (χ3n) is 9.85. The molecular formula is C39H49N13O4. The van der Waals surface area contributed by atoms with Gasteiger partial charge in [-0.15, -0.1) is 0 Å². The van der Waals surface area contributed by atoms with Crippen molar-refractivity contribution < 1.29 is 19.2 Å². The Morgan fingerprint density at radius 2 is 1.59 bits per heavy atom. The summed E-state index contributed by atoms with van der Waals surface area (Å²) in [6.45, 7) is 7.83. The molecule has 0 saturated heterocycles. The highest BCUT2D eigenvalue weighted by Gasteiger charge is 2.24. The number of imidazole rings is 2. The summed E-state index contributed by atoms with van der Waals surface area (Å²) in [5, 5.41) is 18.2. The van der Waals surface area contributed by atoms with Crippen molar-refractivity contribution in [3.63, 3.8) is 0 Å². The third kappa shape index (κ3) is 8.31. The SMILES string of the molecule is CCn1nc(C)c(CCCCCn2nc(C)cc2C=O)c1C(=O)Nc1nc2c(NC(=O)CN)cccc2n1CCCCn1c(NC)nc2cc(C(N)=O)ccc21. The molecule has 0 atom stereocenters. The summed E-state index contributed by atoms with van der Waals surface area (Å²) in [4.78, 5) is 59.3. The summed E-state index contributed by atoms with van der Waals surface area (Å²) in [7, 11) is 1.80. The molecule has 4 aromatic heterocycles. The molecule has 0 spiro atoms. The Balaban J connectivity index is 1.21. The lowest BCUT2D eigenvalue weighted by Gasteiger charge is -2.13. The predicted octanol–water partition coefficient (Wildman–Crippen LogP) is 4.41. The molecule has 6 rings (SSSR count). The molecular weight excluding hydrogens is 715 g/mol. The third-order valence-corrected chi connectivity index (χ3v) is 9.85. The highest BCUT2D eigenvalue weighted by molar-refractivity contribution is 6.06. The van der Waals surface area contributed by atoms with Crippen LogP contribution in [0.4, 0.5) is 17.6 Å². The van der Waals surface area contributed by atoms with Gasteiger partial charge in [0.25, 0.3) is 5.91 Å². The number of nitrogens with two attached hydrogens (primary N) is 2. The van der Waals surface area contributed by atoms with Gasteiger partial charge in [0.1, 0.15) is 16.9 Å². The monoisotopic (exact) mass is 763 g/mol. The Morgan fingerprint density at radius 1 is 0.839 bits per heavy atom. The van der Waals surface area contributed by atoms with Crippen molar-refractivity contribution in [1.29, 1.82) is 0 Å². The van der Waals surface area contributed by atoms with E-state index in [0.717, 1.165) is 60.0 Å². The average Bonchev–Trinajstić information content (AvgIpc) is 3.93. The molecule has 3 amide bonds. The lowest BCUT2D eigenvalue weighted by Crippen LogP contribution is -2.22. The van der Waals surface area contributed by atoms with Gasteiger partial charge in [-0.3, -0.25) is 33.9 Å². The Bertz CT molecular complexity index is 2400. The number of unbranched alkanes of at least 4 members (excludes halogenated alkanes) is 3. The van der Waals surface area contributed by atoms with Crippen molar-refractivity contribution >= 4 is 63.7 Å². The number of hydrogen-bond acceptors (Lipinski definition) is 10. The number of benzene rings is 2. The van der Waals surface area contributed by atoms with Crippen LogP contribution < -0.4 is 27.4 Å². The fraction of sp³-hybridized carbons (Fsp3) is 0.385. The molecule has 4 heterocycles. The van der Waals surface area contributed by atoms with Gasteiger partial charge >= 0.3 is 0 Å². The van der Waals surface area contributed by atoms with Gasteiger partial charge in [0.05, 0.1) is 40.2 Å². The van der Waals surface area contributed by atoms with Crippen molar-refractivity contribution in [2.24, 2.45) is 11.5 Å². The van der Waals surface area contributed by atoms with Crippen LogP contribution in [0.15, 0.2) is 42.5 Å². The molecule has 17 heteroatoms. The first kappa shape index (κ1) is 39.3. The number of amides is 3. The summed E-state index contributed by atoms with van der Waals surface area (Å²) in [5.41, 5.74) is 18.3. The maximum atomic E-state index is 14.3. The smallest absolute Gasteiger partial charge is 0.276 e. The second-order valence-electron chi connectivity index (χ2n) is 13.7. The quantitative estimate of drug-likeness (QED) is 0.0577. The molecule has 0 saturated carbocycles. The van der Waals surface area contributed by atoms with Gasteiger partial charge < -0.3 is 31.2 Å². The number of aromatic nitrogens is 8. The van der Waals surface area contributed by atoms with Gasteiger partial charge in [-0.25, -0.2) is 9.97 Å². The van der Waals surface area contributed by atoms with Crippen LogP contribution in [0.25, 0.3) is 22.1 Å². The van der Waals surface area contributed by atoms with Crippen LogP contribution in [0.1, 0.15) is 87.3 Å². The largest absolute Gasteiger partial charge is 0.366 e. The number of fused-ring (bicyclic) bond motifs is 2. The van der Waals surface area contributed by atoms with Crippen molar-refractivity contribution in [1.82, 2.24) is 38.7 Å². The Morgan fingerprint density at radius 3 is 2.29 bits per heavy atom. The molecule has 294 valence electrons. The number of carbonyl (C=O) groups is 4. The lowest BCUT2D eigenvalue weighted by molar-refractivity contribution is -0.114. The van der Waals surface area contributed by atoms with E-state index in [4.69, 9.17) is 21.5 Å². The molecule has 2 aromatic carbocycles. The zero-order valence-electron chi connectivity index (χ0n) is 32.3. The first-order valence-corrected chi connectivity index (χ1v) is 18.9. The van der Waals surface area contributed by atoms with Crippen molar-refractivity contribution in [3.05, 3.63) is 76.4 Å². The van der Waals surface area contributed by atoms with E-state index in [2.05, 4.69) is 30.6 Å². The lowest BCUT2D eigenvalue weighted by atomic mass is 10.0. The van der Waals surface area contributed by atoms with Gasteiger partial charge in [-0.1, -0.05) is 12.5 Å². The second-order valence-corrected chi connectivity index (χ2v) is 13.7. The summed E-state index contributed by atoms with van der Waals surface area (Å²) in [6.07, 6.45) is 5.47. The Kier molecular flexibility index (Phi) is 12.2. The summed E-state index contributed by atoms with van der Waals surface area (Å²) in [5.74, 6) is -0.184. The molecule has 7 N–H and O–H groups in total. The van der Waals surface area contributed by atoms with E-state index in [9.17, 15) is 19.2 Å². The number of hydrogen-bond donors (Lipinski definition) is 5. The number of anilines is 3. The van der Waals surface area contributed by atoms with Crippen LogP contribution in [0, 0.1) is 13.8 Å². The fourth-order valence-corrected chi connectivity index (χ4v) is 7.15. The van der Waals surface area contributed by atoms with Crippen molar-refractivity contribution in [2.75, 3.05) is 29.5 Å². The number of primary amides is 1. The molecule has 17 nitrogen and oxygen atoms in total. The van der Waals surface area contributed by atoms with Gasteiger partial charge in [-0.05, 0) is 89.3 Å². The highest BCUT2D eigenvalue weighted by Crippen LogP contribution is 2.29. The van der Waals surface area contributed by atoms with Crippen LogP contribution in [0.5, 0.6) is 0 Å². The molecule has 0 aliphatic heterocycles. The molecule has 6 aromatic rings. The standard InChI is InChI=1S/C39H49N13O4/c1-5-51-35(28(25(3)48-51)12-7-6-8-19-52-27(23-53)20-24(2)47-52)37(56)46-39-45-34-29(43-33(54)22-40)13-11-14-32(34)50(39)18-10-9-17-49-31-16-15-26(36(41)55)21-30(31)44-38(49)42-4/h11,13-16,20-21,23H,5-10,12,17-19,22,40H2,1-4H3,(H2,41,55)(H,42,44)(H,43,54)(H,45,46,56). The van der Waals surface area contributed by atoms with E-state index in [1.807, 2.05) is 43.5 Å². The van der Waals surface area contributed by atoms with Gasteiger partial charge in [0, 0.05) is 44.4 Å². The van der Waals surface area contributed by atoms with Crippen LogP contribution >= 0.6 is 0 Å². The van der Waals surface area contributed by atoms with Crippen LogP contribution in [-0.2, 0) is 37.4 Å². The summed E-state index contributed by atoms with van der Waals surface area (Å²) in [6, 6.07) is 12.5. The number of nitrogens with one attached hydrogen (secondary N) is 3. The van der Waals surface area contributed by atoms with Crippen molar-refractivity contribution in [2.45, 2.75) is 85.5 Å².